The van der Waals surface area contributed by atoms with E-state index >= 15 is 0 Å². The minimum atomic E-state index is 0.00385. The van der Waals surface area contributed by atoms with Crippen LogP contribution in [0.4, 0.5) is 0 Å². The third-order valence-corrected chi connectivity index (χ3v) is 4.73. The maximum absolute atomic E-state index is 11.9. The number of rotatable bonds is 8. The summed E-state index contributed by atoms with van der Waals surface area (Å²) in [5.74, 6) is 1.64. The quantitative estimate of drug-likeness (QED) is 0.542. The molecule has 6 nitrogen and oxygen atoms in total. The van der Waals surface area contributed by atoms with E-state index in [-0.39, 0.29) is 12.5 Å². The summed E-state index contributed by atoms with van der Waals surface area (Å²) in [5, 5.41) is 6.90. The smallest absolute Gasteiger partial charge is 0.243 e. The second kappa shape index (κ2) is 11.5. The minimum Gasteiger partial charge on any atom is -0.494 e. The van der Waals surface area contributed by atoms with Gasteiger partial charge in [-0.15, -0.1) is 0 Å². The number of nitrogens with zero attached hydrogens (tertiary/aromatic N) is 2. The number of benzene rings is 1. The highest BCUT2D eigenvalue weighted by Crippen LogP contribution is 2.17. The molecule has 1 aliphatic carbocycles. The molecule has 27 heavy (non-hydrogen) atoms. The third-order valence-electron chi connectivity index (χ3n) is 4.73. The zero-order chi connectivity index (χ0) is 19.5. The zero-order valence-electron chi connectivity index (χ0n) is 17.0. The number of guanidine groups is 1. The molecule has 0 spiro atoms. The van der Waals surface area contributed by atoms with Crippen LogP contribution < -0.4 is 15.4 Å². The molecule has 2 rings (SSSR count). The molecule has 0 aliphatic heterocycles. The van der Waals surface area contributed by atoms with Crippen molar-refractivity contribution in [2.24, 2.45) is 4.99 Å². The Morgan fingerprint density at radius 1 is 1.26 bits per heavy atom. The minimum absolute atomic E-state index is 0.00385. The first-order valence-corrected chi connectivity index (χ1v) is 10.0. The molecule has 0 atom stereocenters. The van der Waals surface area contributed by atoms with Crippen molar-refractivity contribution in [3.8, 4) is 5.75 Å². The molecule has 2 N–H and O–H groups in total. The van der Waals surface area contributed by atoms with Crippen molar-refractivity contribution in [2.45, 2.75) is 51.5 Å². The lowest BCUT2D eigenvalue weighted by molar-refractivity contribution is -0.127. The monoisotopic (exact) mass is 374 g/mol. The second-order valence-corrected chi connectivity index (χ2v) is 7.19. The Morgan fingerprint density at radius 2 is 2.04 bits per heavy atom. The van der Waals surface area contributed by atoms with Gasteiger partial charge in [-0.3, -0.25) is 4.79 Å². The van der Waals surface area contributed by atoms with Crippen LogP contribution in [-0.2, 0) is 11.2 Å². The third kappa shape index (κ3) is 7.89. The van der Waals surface area contributed by atoms with Crippen LogP contribution in [0.2, 0.25) is 0 Å². The number of hydrogen-bond acceptors (Lipinski definition) is 3. The molecular weight excluding hydrogens is 340 g/mol. The number of hydrogen-bond donors (Lipinski definition) is 2. The topological polar surface area (TPSA) is 66.0 Å². The van der Waals surface area contributed by atoms with Crippen LogP contribution in [0.5, 0.6) is 5.75 Å². The molecule has 1 aliphatic rings. The summed E-state index contributed by atoms with van der Waals surface area (Å²) in [6.45, 7) is 3.58. The summed E-state index contributed by atoms with van der Waals surface area (Å²) < 4.78 is 5.56. The Bertz CT molecular complexity index is 610. The van der Waals surface area contributed by atoms with Gasteiger partial charge in [0.1, 0.15) is 12.3 Å². The lowest BCUT2D eigenvalue weighted by Gasteiger charge is -2.25. The van der Waals surface area contributed by atoms with Gasteiger partial charge in [0, 0.05) is 26.7 Å². The van der Waals surface area contributed by atoms with E-state index in [0.29, 0.717) is 12.6 Å². The Kier molecular flexibility index (Phi) is 8.95. The summed E-state index contributed by atoms with van der Waals surface area (Å²) in [4.78, 5) is 17.9. The van der Waals surface area contributed by atoms with Crippen LogP contribution in [0.1, 0.15) is 44.6 Å². The molecule has 1 aromatic rings. The van der Waals surface area contributed by atoms with Crippen molar-refractivity contribution < 1.29 is 9.53 Å². The predicted molar refractivity (Wildman–Crippen MR) is 110 cm³/mol. The van der Waals surface area contributed by atoms with Crippen LogP contribution in [-0.4, -0.2) is 56.6 Å². The van der Waals surface area contributed by atoms with Gasteiger partial charge in [0.05, 0.1) is 6.61 Å². The number of carbonyl (C=O) groups is 1. The SMILES string of the molecule is CCOc1cccc(CCNC(=NCC(=O)N(C)C)NC2CCCCC2)c1. The Morgan fingerprint density at radius 3 is 2.74 bits per heavy atom. The molecule has 0 radical (unpaired) electrons. The van der Waals surface area contributed by atoms with E-state index in [2.05, 4.69) is 27.8 Å². The number of nitrogens with one attached hydrogen (secondary N) is 2. The second-order valence-electron chi connectivity index (χ2n) is 7.19. The van der Waals surface area contributed by atoms with Crippen molar-refractivity contribution in [3.63, 3.8) is 0 Å². The van der Waals surface area contributed by atoms with Crippen LogP contribution >= 0.6 is 0 Å². The van der Waals surface area contributed by atoms with Gasteiger partial charge in [0.15, 0.2) is 5.96 Å². The summed E-state index contributed by atoms with van der Waals surface area (Å²) in [6, 6.07) is 8.62. The Hall–Kier alpha value is -2.24. The molecule has 0 heterocycles. The molecule has 0 bridgehead atoms. The zero-order valence-corrected chi connectivity index (χ0v) is 17.0. The highest BCUT2D eigenvalue weighted by Gasteiger charge is 2.15. The predicted octanol–water partition coefficient (Wildman–Crippen LogP) is 2.58. The molecule has 0 aromatic heterocycles. The molecule has 0 unspecified atom stereocenters. The molecule has 1 fully saturated rings. The fraction of sp³-hybridized carbons (Fsp3) is 0.619. The highest BCUT2D eigenvalue weighted by atomic mass is 16.5. The lowest BCUT2D eigenvalue weighted by atomic mass is 9.96. The molecule has 1 aromatic carbocycles. The van der Waals surface area contributed by atoms with E-state index in [1.165, 1.54) is 37.7 Å². The molecular formula is C21H34N4O2. The number of likely N-dealkylation sites (N-methyl/N-ethyl adjacent to an activating group) is 1. The molecule has 1 saturated carbocycles. The van der Waals surface area contributed by atoms with Gasteiger partial charge < -0.3 is 20.3 Å². The summed E-state index contributed by atoms with van der Waals surface area (Å²) in [7, 11) is 3.51. The van der Waals surface area contributed by atoms with E-state index in [4.69, 9.17) is 4.74 Å². The average Bonchev–Trinajstić information content (AvgIpc) is 2.67. The number of carbonyl (C=O) groups excluding carboxylic acids is 1. The van der Waals surface area contributed by atoms with Gasteiger partial charge in [-0.25, -0.2) is 4.99 Å². The summed E-state index contributed by atoms with van der Waals surface area (Å²) in [6.07, 6.45) is 7.02. The standard InChI is InChI=1S/C21H34N4O2/c1-4-27-19-12-8-9-17(15-19)13-14-22-21(23-16-20(26)25(2)3)24-18-10-6-5-7-11-18/h8-9,12,15,18H,4-7,10-11,13-14,16H2,1-3H3,(H2,22,23,24). The van der Waals surface area contributed by atoms with Gasteiger partial charge >= 0.3 is 0 Å². The molecule has 6 heteroatoms. The van der Waals surface area contributed by atoms with E-state index < -0.39 is 0 Å². The average molecular weight is 375 g/mol. The van der Waals surface area contributed by atoms with Gasteiger partial charge in [0.2, 0.25) is 5.91 Å². The first-order valence-electron chi connectivity index (χ1n) is 10.0. The lowest BCUT2D eigenvalue weighted by Crippen LogP contribution is -2.45. The normalized spacial score (nSPS) is 15.3. The Labute approximate surface area is 163 Å². The van der Waals surface area contributed by atoms with Crippen molar-refractivity contribution in [1.29, 1.82) is 0 Å². The van der Waals surface area contributed by atoms with E-state index in [9.17, 15) is 4.79 Å². The fourth-order valence-corrected chi connectivity index (χ4v) is 3.16. The summed E-state index contributed by atoms with van der Waals surface area (Å²) >= 11 is 0. The van der Waals surface area contributed by atoms with Crippen LogP contribution in [0.3, 0.4) is 0 Å². The van der Waals surface area contributed by atoms with Crippen LogP contribution in [0.25, 0.3) is 0 Å². The number of aliphatic imine (C=N–C) groups is 1. The largest absolute Gasteiger partial charge is 0.494 e. The van der Waals surface area contributed by atoms with Gasteiger partial charge in [-0.05, 0) is 43.9 Å². The maximum Gasteiger partial charge on any atom is 0.243 e. The van der Waals surface area contributed by atoms with E-state index in [0.717, 1.165) is 24.7 Å². The van der Waals surface area contributed by atoms with Crippen molar-refractivity contribution >= 4 is 11.9 Å². The number of amides is 1. The molecule has 150 valence electrons. The van der Waals surface area contributed by atoms with Crippen molar-refractivity contribution in [2.75, 3.05) is 33.8 Å². The van der Waals surface area contributed by atoms with E-state index in [1.807, 2.05) is 19.1 Å². The first-order chi connectivity index (χ1) is 13.1. The first kappa shape index (κ1) is 21.1. The van der Waals surface area contributed by atoms with Crippen molar-refractivity contribution in [3.05, 3.63) is 29.8 Å². The highest BCUT2D eigenvalue weighted by molar-refractivity contribution is 5.84. The fourth-order valence-electron chi connectivity index (χ4n) is 3.16. The van der Waals surface area contributed by atoms with Gasteiger partial charge in [0.25, 0.3) is 0 Å². The summed E-state index contributed by atoms with van der Waals surface area (Å²) in [5.41, 5.74) is 1.22. The van der Waals surface area contributed by atoms with Crippen molar-refractivity contribution in [1.82, 2.24) is 15.5 Å². The Balaban J connectivity index is 1.90. The van der Waals surface area contributed by atoms with Crippen LogP contribution in [0.15, 0.2) is 29.3 Å². The van der Waals surface area contributed by atoms with Crippen LogP contribution in [0, 0.1) is 0 Å². The number of ether oxygens (including phenoxy) is 1. The van der Waals surface area contributed by atoms with E-state index in [1.54, 1.807) is 19.0 Å². The maximum atomic E-state index is 11.9. The van der Waals surface area contributed by atoms with Gasteiger partial charge in [-0.2, -0.15) is 0 Å². The molecule has 0 saturated heterocycles. The van der Waals surface area contributed by atoms with Gasteiger partial charge in [-0.1, -0.05) is 31.4 Å². The molecule has 1 amide bonds.